The third-order valence-corrected chi connectivity index (χ3v) is 5.03. The first-order valence-corrected chi connectivity index (χ1v) is 8.45. The lowest BCUT2D eigenvalue weighted by Gasteiger charge is -2.22. The van der Waals surface area contributed by atoms with Gasteiger partial charge in [0.1, 0.15) is 11.8 Å². The number of benzene rings is 1. The van der Waals surface area contributed by atoms with Gasteiger partial charge in [-0.25, -0.2) is 4.79 Å². The van der Waals surface area contributed by atoms with E-state index in [1.165, 1.54) is 30.6 Å². The van der Waals surface area contributed by atoms with Crippen LogP contribution in [0.25, 0.3) is 0 Å². The number of thioether (sulfide) groups is 1. The summed E-state index contributed by atoms with van der Waals surface area (Å²) in [6.45, 7) is 5.22. The van der Waals surface area contributed by atoms with Gasteiger partial charge in [0, 0.05) is 23.3 Å². The Kier molecular flexibility index (Phi) is 5.66. The molecule has 1 aromatic carbocycles. The van der Waals surface area contributed by atoms with E-state index in [-0.39, 0.29) is 5.91 Å². The van der Waals surface area contributed by atoms with Gasteiger partial charge >= 0.3 is 5.97 Å². The van der Waals surface area contributed by atoms with E-state index in [9.17, 15) is 9.59 Å². The number of carbonyl (C=O) groups excluding carboxylic acids is 1. The monoisotopic (exact) mass is 348 g/mol. The highest BCUT2D eigenvalue weighted by Gasteiger charge is 2.24. The number of nitrogens with zero attached hydrogens (tertiary/aromatic N) is 2. The predicted molar refractivity (Wildman–Crippen MR) is 91.2 cm³/mol. The van der Waals surface area contributed by atoms with Crippen molar-refractivity contribution in [3.63, 3.8) is 0 Å². The van der Waals surface area contributed by atoms with E-state index >= 15 is 0 Å². The van der Waals surface area contributed by atoms with Crippen LogP contribution in [0.1, 0.15) is 34.3 Å². The van der Waals surface area contributed by atoms with Gasteiger partial charge < -0.3 is 14.5 Å². The molecular weight excluding hydrogens is 328 g/mol. The van der Waals surface area contributed by atoms with Crippen LogP contribution in [0.4, 0.5) is 0 Å². The van der Waals surface area contributed by atoms with Crippen LogP contribution in [0.15, 0.2) is 33.7 Å². The smallest absolute Gasteiger partial charge is 0.326 e. The van der Waals surface area contributed by atoms with E-state index in [4.69, 9.17) is 9.63 Å². The van der Waals surface area contributed by atoms with Crippen LogP contribution < -0.4 is 0 Å². The Hall–Kier alpha value is -2.28. The summed E-state index contributed by atoms with van der Waals surface area (Å²) in [4.78, 5) is 25.8. The third kappa shape index (κ3) is 3.79. The van der Waals surface area contributed by atoms with Crippen LogP contribution >= 0.6 is 11.8 Å². The molecule has 2 rings (SSSR count). The van der Waals surface area contributed by atoms with Crippen molar-refractivity contribution in [3.05, 3.63) is 46.8 Å². The molecule has 0 radical (unpaired) electrons. The quantitative estimate of drug-likeness (QED) is 0.808. The molecule has 128 valence electrons. The molecule has 1 heterocycles. The molecule has 0 fully saturated rings. The van der Waals surface area contributed by atoms with Gasteiger partial charge in [0.25, 0.3) is 5.91 Å². The first-order valence-electron chi connectivity index (χ1n) is 7.46. The molecule has 0 aliphatic rings. The summed E-state index contributed by atoms with van der Waals surface area (Å²) in [5.41, 5.74) is 2.33. The average Bonchev–Trinajstić information content (AvgIpc) is 2.89. The van der Waals surface area contributed by atoms with Crippen LogP contribution in [-0.4, -0.2) is 40.1 Å². The molecule has 1 aromatic heterocycles. The minimum atomic E-state index is -1.04. The summed E-state index contributed by atoms with van der Waals surface area (Å²) in [5, 5.41) is 13.0. The summed E-state index contributed by atoms with van der Waals surface area (Å²) in [6.07, 6.45) is 0. The summed E-state index contributed by atoms with van der Waals surface area (Å²) < 4.78 is 5.15. The molecule has 1 amide bonds. The second-order valence-corrected chi connectivity index (χ2v) is 6.54. The minimum Gasteiger partial charge on any atom is -0.480 e. The van der Waals surface area contributed by atoms with Crippen molar-refractivity contribution >= 4 is 23.6 Å². The Morgan fingerprint density at radius 2 is 2.00 bits per heavy atom. The van der Waals surface area contributed by atoms with E-state index in [0.29, 0.717) is 11.3 Å². The van der Waals surface area contributed by atoms with Gasteiger partial charge in [-0.15, -0.1) is 11.8 Å². The number of aliphatic carboxylic acids is 1. The third-order valence-electron chi connectivity index (χ3n) is 3.93. The van der Waals surface area contributed by atoms with E-state index in [0.717, 1.165) is 21.9 Å². The van der Waals surface area contributed by atoms with E-state index in [1.807, 2.05) is 26.0 Å². The fraction of sp³-hybridized carbons (Fsp3) is 0.353. The predicted octanol–water partition coefficient (Wildman–Crippen LogP) is 3.13. The first-order chi connectivity index (χ1) is 11.3. The molecule has 7 heteroatoms. The normalized spacial score (nSPS) is 12.0. The maximum Gasteiger partial charge on any atom is 0.326 e. The van der Waals surface area contributed by atoms with Gasteiger partial charge in [-0.2, -0.15) is 0 Å². The van der Waals surface area contributed by atoms with E-state index in [1.54, 1.807) is 12.1 Å². The van der Waals surface area contributed by atoms with Crippen molar-refractivity contribution in [2.75, 3.05) is 7.05 Å². The lowest BCUT2D eigenvalue weighted by molar-refractivity contribution is -0.141. The van der Waals surface area contributed by atoms with Crippen molar-refractivity contribution in [1.29, 1.82) is 0 Å². The van der Waals surface area contributed by atoms with Crippen LogP contribution in [0.3, 0.4) is 0 Å². The van der Waals surface area contributed by atoms with Crippen molar-refractivity contribution in [1.82, 2.24) is 10.1 Å². The summed E-state index contributed by atoms with van der Waals surface area (Å²) in [7, 11) is 1.50. The average molecular weight is 348 g/mol. The van der Waals surface area contributed by atoms with E-state index in [2.05, 4.69) is 5.16 Å². The van der Waals surface area contributed by atoms with Crippen LogP contribution in [-0.2, 0) is 10.5 Å². The maximum absolute atomic E-state index is 12.6. The van der Waals surface area contributed by atoms with Gasteiger partial charge in [-0.3, -0.25) is 4.79 Å². The van der Waals surface area contributed by atoms with E-state index < -0.39 is 12.0 Å². The molecule has 1 unspecified atom stereocenters. The van der Waals surface area contributed by atoms with Crippen molar-refractivity contribution < 1.29 is 19.2 Å². The van der Waals surface area contributed by atoms with Crippen molar-refractivity contribution in [2.24, 2.45) is 0 Å². The zero-order valence-corrected chi connectivity index (χ0v) is 14.9. The number of carboxylic acid groups (broad SMARTS) is 1. The largest absolute Gasteiger partial charge is 0.480 e. The second kappa shape index (κ2) is 7.53. The van der Waals surface area contributed by atoms with Crippen molar-refractivity contribution in [3.8, 4) is 0 Å². The first kappa shape index (κ1) is 18.1. The Bertz CT molecular complexity index is 737. The number of hydrogen-bond donors (Lipinski definition) is 1. The van der Waals surface area contributed by atoms with Gasteiger partial charge in [0.2, 0.25) is 0 Å². The van der Waals surface area contributed by atoms with Gasteiger partial charge in [0.15, 0.2) is 0 Å². The van der Waals surface area contributed by atoms with Gasteiger partial charge in [-0.1, -0.05) is 17.3 Å². The van der Waals surface area contributed by atoms with Gasteiger partial charge in [-0.05, 0) is 32.9 Å². The second-order valence-electron chi connectivity index (χ2n) is 5.52. The molecular formula is C17H20N2O4S. The SMILES string of the molecule is Cc1noc(C)c1CSc1ccccc1C(=O)N(C)C(C)C(=O)O. The molecule has 1 atom stereocenters. The number of carboxylic acids is 1. The fourth-order valence-electron chi connectivity index (χ4n) is 2.16. The molecule has 24 heavy (non-hydrogen) atoms. The van der Waals surface area contributed by atoms with Crippen LogP contribution in [0.5, 0.6) is 0 Å². The van der Waals surface area contributed by atoms with Crippen LogP contribution in [0, 0.1) is 13.8 Å². The number of aryl methyl sites for hydroxylation is 2. The highest BCUT2D eigenvalue weighted by molar-refractivity contribution is 7.98. The Balaban J connectivity index is 2.21. The Labute approximate surface area is 144 Å². The number of aromatic nitrogens is 1. The molecule has 0 spiro atoms. The number of hydrogen-bond acceptors (Lipinski definition) is 5. The number of amides is 1. The zero-order valence-electron chi connectivity index (χ0n) is 14.1. The Morgan fingerprint density at radius 1 is 1.33 bits per heavy atom. The topological polar surface area (TPSA) is 83.6 Å². The molecule has 1 N–H and O–H groups in total. The Morgan fingerprint density at radius 3 is 2.58 bits per heavy atom. The molecule has 2 aromatic rings. The number of likely N-dealkylation sites (N-methyl/N-ethyl adjacent to an activating group) is 1. The van der Waals surface area contributed by atoms with Gasteiger partial charge in [0.05, 0.1) is 11.3 Å². The van der Waals surface area contributed by atoms with Crippen LogP contribution in [0.2, 0.25) is 0 Å². The standard InChI is InChI=1S/C17H20N2O4S/c1-10-14(12(3)23-18-10)9-24-15-8-6-5-7-13(15)16(20)19(4)11(2)17(21)22/h5-8,11H,9H2,1-4H3,(H,21,22). The molecule has 0 aliphatic heterocycles. The molecule has 0 saturated heterocycles. The number of carbonyl (C=O) groups is 2. The van der Waals surface area contributed by atoms with Crippen molar-refractivity contribution in [2.45, 2.75) is 37.5 Å². The lowest BCUT2D eigenvalue weighted by Crippen LogP contribution is -2.40. The maximum atomic E-state index is 12.6. The molecule has 0 bridgehead atoms. The molecule has 6 nitrogen and oxygen atoms in total. The summed E-state index contributed by atoms with van der Waals surface area (Å²) in [6, 6.07) is 6.30. The fourth-order valence-corrected chi connectivity index (χ4v) is 3.36. The highest BCUT2D eigenvalue weighted by Crippen LogP contribution is 2.29. The minimum absolute atomic E-state index is 0.313. The summed E-state index contributed by atoms with van der Waals surface area (Å²) >= 11 is 1.50. The zero-order chi connectivity index (χ0) is 17.9. The lowest BCUT2D eigenvalue weighted by atomic mass is 10.1. The number of rotatable bonds is 6. The molecule has 0 aliphatic carbocycles. The highest BCUT2D eigenvalue weighted by atomic mass is 32.2. The summed E-state index contributed by atoms with van der Waals surface area (Å²) in [5.74, 6) is 0.0443. The molecule has 0 saturated carbocycles.